The van der Waals surface area contributed by atoms with E-state index < -0.39 is 0 Å². The van der Waals surface area contributed by atoms with Crippen LogP contribution in [0.1, 0.15) is 18.5 Å². The van der Waals surface area contributed by atoms with E-state index >= 15 is 0 Å². The minimum atomic E-state index is -0.280. The summed E-state index contributed by atoms with van der Waals surface area (Å²) < 4.78 is 0. The lowest BCUT2D eigenvalue weighted by molar-refractivity contribution is 0.249. The molecule has 0 aromatic heterocycles. The summed E-state index contributed by atoms with van der Waals surface area (Å²) in [5.41, 5.74) is 7.90. The molecule has 20 heavy (non-hydrogen) atoms. The number of benzene rings is 2. The number of hydrogen-bond donors (Lipinski definition) is 3. The van der Waals surface area contributed by atoms with Crippen molar-refractivity contribution in [3.8, 4) is 0 Å². The number of halogens is 1. The number of carbonyl (C=O) groups is 1. The number of urea groups is 1. The predicted molar refractivity (Wildman–Crippen MR) is 82.9 cm³/mol. The number of nitrogen functional groups attached to an aromatic ring is 1. The van der Waals surface area contributed by atoms with Crippen molar-refractivity contribution < 1.29 is 4.79 Å². The van der Waals surface area contributed by atoms with Crippen molar-refractivity contribution >= 4 is 29.0 Å². The smallest absolute Gasteiger partial charge is 0.319 e. The molecule has 4 N–H and O–H groups in total. The van der Waals surface area contributed by atoms with Crippen molar-refractivity contribution in [2.75, 3.05) is 11.1 Å². The second-order valence-electron chi connectivity index (χ2n) is 4.50. The Hall–Kier alpha value is -2.20. The first kappa shape index (κ1) is 14.2. The molecule has 2 amide bonds. The average molecular weight is 290 g/mol. The largest absolute Gasteiger partial charge is 0.399 e. The highest BCUT2D eigenvalue weighted by Crippen LogP contribution is 2.16. The molecule has 0 bridgehead atoms. The minimum absolute atomic E-state index is 0.117. The van der Waals surface area contributed by atoms with Crippen molar-refractivity contribution in [1.82, 2.24) is 5.32 Å². The van der Waals surface area contributed by atoms with Gasteiger partial charge in [-0.25, -0.2) is 4.79 Å². The van der Waals surface area contributed by atoms with E-state index in [0.29, 0.717) is 16.4 Å². The molecular formula is C15H16ClN3O. The van der Waals surface area contributed by atoms with Gasteiger partial charge in [0.05, 0.1) is 6.04 Å². The first-order valence-electron chi connectivity index (χ1n) is 6.23. The third-order valence-corrected chi connectivity index (χ3v) is 3.11. The van der Waals surface area contributed by atoms with Crippen LogP contribution in [0, 0.1) is 0 Å². The van der Waals surface area contributed by atoms with Crippen LogP contribution >= 0.6 is 11.6 Å². The second kappa shape index (κ2) is 6.30. The van der Waals surface area contributed by atoms with Crippen LogP contribution in [-0.4, -0.2) is 6.03 Å². The Bertz CT molecular complexity index is 598. The normalized spacial score (nSPS) is 11.7. The minimum Gasteiger partial charge on any atom is -0.399 e. The predicted octanol–water partition coefficient (Wildman–Crippen LogP) is 3.80. The number of carbonyl (C=O) groups excluding carboxylic acids is 1. The van der Waals surface area contributed by atoms with Gasteiger partial charge in [-0.1, -0.05) is 29.8 Å². The number of hydrogen-bond acceptors (Lipinski definition) is 2. The Kier molecular flexibility index (Phi) is 4.48. The van der Waals surface area contributed by atoms with Gasteiger partial charge >= 0.3 is 6.03 Å². The van der Waals surface area contributed by atoms with Gasteiger partial charge in [0.2, 0.25) is 0 Å². The zero-order chi connectivity index (χ0) is 14.5. The molecule has 2 rings (SSSR count). The van der Waals surface area contributed by atoms with Gasteiger partial charge in [0, 0.05) is 16.4 Å². The van der Waals surface area contributed by atoms with E-state index in [1.807, 2.05) is 19.1 Å². The standard InChI is InChI=1S/C15H16ClN3O/c1-10(11-5-7-12(16)8-6-11)18-15(20)19-14-4-2-3-13(17)9-14/h2-10H,17H2,1H3,(H2,18,19,20). The van der Waals surface area contributed by atoms with Crippen LogP contribution in [0.25, 0.3) is 0 Å². The summed E-state index contributed by atoms with van der Waals surface area (Å²) in [6, 6.07) is 14.0. The lowest BCUT2D eigenvalue weighted by Crippen LogP contribution is -2.31. The summed E-state index contributed by atoms with van der Waals surface area (Å²) in [6.45, 7) is 1.90. The maximum absolute atomic E-state index is 11.9. The Balaban J connectivity index is 1.95. The van der Waals surface area contributed by atoms with Crippen LogP contribution in [0.3, 0.4) is 0 Å². The topological polar surface area (TPSA) is 67.2 Å². The van der Waals surface area contributed by atoms with Gasteiger partial charge in [0.15, 0.2) is 0 Å². The number of amides is 2. The quantitative estimate of drug-likeness (QED) is 0.752. The molecule has 0 aliphatic heterocycles. The van der Waals surface area contributed by atoms with E-state index in [1.165, 1.54) is 0 Å². The molecule has 0 saturated heterocycles. The van der Waals surface area contributed by atoms with Crippen molar-refractivity contribution in [3.63, 3.8) is 0 Å². The van der Waals surface area contributed by atoms with E-state index in [2.05, 4.69) is 10.6 Å². The van der Waals surface area contributed by atoms with Crippen molar-refractivity contribution in [2.45, 2.75) is 13.0 Å². The third-order valence-electron chi connectivity index (χ3n) is 2.86. The van der Waals surface area contributed by atoms with E-state index in [-0.39, 0.29) is 12.1 Å². The van der Waals surface area contributed by atoms with Gasteiger partial charge < -0.3 is 16.4 Å². The number of rotatable bonds is 3. The van der Waals surface area contributed by atoms with Crippen molar-refractivity contribution in [3.05, 3.63) is 59.1 Å². The van der Waals surface area contributed by atoms with E-state index in [0.717, 1.165) is 5.56 Å². The summed E-state index contributed by atoms with van der Waals surface area (Å²) in [7, 11) is 0. The van der Waals surface area contributed by atoms with Crippen molar-refractivity contribution in [1.29, 1.82) is 0 Å². The van der Waals surface area contributed by atoms with Crippen LogP contribution in [-0.2, 0) is 0 Å². The molecule has 1 unspecified atom stereocenters. The lowest BCUT2D eigenvalue weighted by Gasteiger charge is -2.15. The maximum atomic E-state index is 11.9. The zero-order valence-electron chi connectivity index (χ0n) is 11.1. The first-order chi connectivity index (χ1) is 9.54. The van der Waals surface area contributed by atoms with Crippen LogP contribution in [0.5, 0.6) is 0 Å². The fourth-order valence-electron chi connectivity index (χ4n) is 1.82. The lowest BCUT2D eigenvalue weighted by atomic mass is 10.1. The van der Waals surface area contributed by atoms with Gasteiger partial charge in [-0.05, 0) is 42.8 Å². The van der Waals surface area contributed by atoms with Gasteiger partial charge in [-0.2, -0.15) is 0 Å². The molecule has 5 heteroatoms. The van der Waals surface area contributed by atoms with Crippen LogP contribution in [0.4, 0.5) is 16.2 Å². The molecule has 2 aromatic rings. The van der Waals surface area contributed by atoms with Gasteiger partial charge in [0.1, 0.15) is 0 Å². The Morgan fingerprint density at radius 1 is 1.20 bits per heavy atom. The third kappa shape index (κ3) is 3.90. The van der Waals surface area contributed by atoms with E-state index in [9.17, 15) is 4.79 Å². The fraction of sp³-hybridized carbons (Fsp3) is 0.133. The van der Waals surface area contributed by atoms with Gasteiger partial charge in [-0.3, -0.25) is 0 Å². The summed E-state index contributed by atoms with van der Waals surface area (Å²) >= 11 is 5.83. The molecule has 0 aliphatic rings. The van der Waals surface area contributed by atoms with Crippen LogP contribution in [0.2, 0.25) is 5.02 Å². The highest BCUT2D eigenvalue weighted by Gasteiger charge is 2.09. The van der Waals surface area contributed by atoms with Gasteiger partial charge in [0.25, 0.3) is 0 Å². The highest BCUT2D eigenvalue weighted by molar-refractivity contribution is 6.30. The fourth-order valence-corrected chi connectivity index (χ4v) is 1.94. The molecule has 0 radical (unpaired) electrons. The molecule has 0 aliphatic carbocycles. The summed E-state index contributed by atoms with van der Waals surface area (Å²) in [4.78, 5) is 11.9. The second-order valence-corrected chi connectivity index (χ2v) is 4.93. The Morgan fingerprint density at radius 2 is 1.90 bits per heavy atom. The summed E-state index contributed by atoms with van der Waals surface area (Å²) in [5.74, 6) is 0. The number of anilines is 2. The highest BCUT2D eigenvalue weighted by atomic mass is 35.5. The molecule has 0 fully saturated rings. The monoisotopic (exact) mass is 289 g/mol. The van der Waals surface area contributed by atoms with Crippen LogP contribution < -0.4 is 16.4 Å². The van der Waals surface area contributed by atoms with Gasteiger partial charge in [-0.15, -0.1) is 0 Å². The van der Waals surface area contributed by atoms with E-state index in [1.54, 1.807) is 36.4 Å². The molecule has 4 nitrogen and oxygen atoms in total. The maximum Gasteiger partial charge on any atom is 0.319 e. The summed E-state index contributed by atoms with van der Waals surface area (Å²) in [6.07, 6.45) is 0. The molecular weight excluding hydrogens is 274 g/mol. The molecule has 0 heterocycles. The zero-order valence-corrected chi connectivity index (χ0v) is 11.8. The average Bonchev–Trinajstić information content (AvgIpc) is 2.39. The molecule has 0 spiro atoms. The Morgan fingerprint density at radius 3 is 2.55 bits per heavy atom. The number of nitrogens with two attached hydrogens (primary N) is 1. The molecule has 0 saturated carbocycles. The molecule has 2 aromatic carbocycles. The SMILES string of the molecule is CC(NC(=O)Nc1cccc(N)c1)c1ccc(Cl)cc1. The molecule has 1 atom stereocenters. The molecule has 104 valence electrons. The number of nitrogens with one attached hydrogen (secondary N) is 2. The Labute approximate surface area is 122 Å². The van der Waals surface area contributed by atoms with E-state index in [4.69, 9.17) is 17.3 Å². The van der Waals surface area contributed by atoms with Crippen molar-refractivity contribution in [2.24, 2.45) is 0 Å². The van der Waals surface area contributed by atoms with Crippen LogP contribution in [0.15, 0.2) is 48.5 Å². The summed E-state index contributed by atoms with van der Waals surface area (Å²) in [5, 5.41) is 6.26. The first-order valence-corrected chi connectivity index (χ1v) is 6.61.